The SMILES string of the molecule is CC(=O)OC[C@H]1O[C@H](n2cnc3c(NC(=O)c4ccccc4)ncnc32)[C@@H](OC(C)=O)[C@H]1N(C)C(C)=O. The van der Waals surface area contributed by atoms with Crippen molar-refractivity contribution in [2.75, 3.05) is 19.0 Å². The van der Waals surface area contributed by atoms with Crippen LogP contribution in [0.25, 0.3) is 11.2 Å². The monoisotopic (exact) mass is 510 g/mol. The summed E-state index contributed by atoms with van der Waals surface area (Å²) in [7, 11) is 1.54. The van der Waals surface area contributed by atoms with E-state index < -0.39 is 36.4 Å². The van der Waals surface area contributed by atoms with Crippen LogP contribution < -0.4 is 5.32 Å². The molecule has 0 aliphatic carbocycles. The smallest absolute Gasteiger partial charge is 0.303 e. The molecule has 0 bridgehead atoms. The first kappa shape index (κ1) is 25.7. The Balaban J connectivity index is 1.71. The largest absolute Gasteiger partial charge is 0.463 e. The third-order valence-corrected chi connectivity index (χ3v) is 5.91. The molecule has 2 amide bonds. The zero-order chi connectivity index (χ0) is 26.7. The van der Waals surface area contributed by atoms with Crippen LogP contribution in [0.2, 0.25) is 0 Å². The average molecular weight is 511 g/mol. The number of fused-ring (bicyclic) bond motifs is 1. The number of esters is 2. The number of nitrogens with one attached hydrogen (secondary N) is 1. The van der Waals surface area contributed by atoms with Crippen molar-refractivity contribution >= 4 is 40.7 Å². The molecule has 4 atom stereocenters. The van der Waals surface area contributed by atoms with Crippen LogP contribution in [0.3, 0.4) is 0 Å². The molecule has 0 saturated carbocycles. The highest BCUT2D eigenvalue weighted by molar-refractivity contribution is 6.06. The molecular formula is C24H26N6O7. The van der Waals surface area contributed by atoms with Gasteiger partial charge in [-0.3, -0.25) is 23.7 Å². The van der Waals surface area contributed by atoms with E-state index in [1.165, 1.54) is 42.9 Å². The van der Waals surface area contributed by atoms with Crippen molar-refractivity contribution in [3.63, 3.8) is 0 Å². The fourth-order valence-corrected chi connectivity index (χ4v) is 4.18. The van der Waals surface area contributed by atoms with Gasteiger partial charge in [0, 0.05) is 33.4 Å². The van der Waals surface area contributed by atoms with E-state index in [4.69, 9.17) is 14.2 Å². The number of hydrogen-bond donors (Lipinski definition) is 1. The molecule has 13 nitrogen and oxygen atoms in total. The van der Waals surface area contributed by atoms with Gasteiger partial charge in [-0.05, 0) is 12.1 Å². The van der Waals surface area contributed by atoms with Gasteiger partial charge in [-0.2, -0.15) is 0 Å². The molecule has 1 fully saturated rings. The summed E-state index contributed by atoms with van der Waals surface area (Å²) in [5, 5.41) is 2.73. The van der Waals surface area contributed by atoms with Crippen LogP contribution >= 0.6 is 0 Å². The van der Waals surface area contributed by atoms with Crippen LogP contribution in [-0.2, 0) is 28.6 Å². The normalized spacial score (nSPS) is 20.9. The predicted molar refractivity (Wildman–Crippen MR) is 128 cm³/mol. The summed E-state index contributed by atoms with van der Waals surface area (Å²) in [5.41, 5.74) is 1.00. The maximum Gasteiger partial charge on any atom is 0.303 e. The molecule has 194 valence electrons. The third kappa shape index (κ3) is 5.40. The molecule has 0 unspecified atom stereocenters. The van der Waals surface area contributed by atoms with Crippen LogP contribution in [0.5, 0.6) is 0 Å². The fourth-order valence-electron chi connectivity index (χ4n) is 4.18. The van der Waals surface area contributed by atoms with Crippen LogP contribution in [0.15, 0.2) is 43.0 Å². The molecule has 0 radical (unpaired) electrons. The number of ether oxygens (including phenoxy) is 3. The zero-order valence-corrected chi connectivity index (χ0v) is 20.7. The Morgan fingerprint density at radius 3 is 2.43 bits per heavy atom. The lowest BCUT2D eigenvalue weighted by Gasteiger charge is -2.31. The minimum absolute atomic E-state index is 0.175. The lowest BCUT2D eigenvalue weighted by Crippen LogP contribution is -2.50. The number of amides is 2. The predicted octanol–water partition coefficient (Wildman–Crippen LogP) is 1.32. The van der Waals surface area contributed by atoms with Crippen molar-refractivity contribution in [1.82, 2.24) is 24.4 Å². The Kier molecular flexibility index (Phi) is 7.43. The highest BCUT2D eigenvalue weighted by atomic mass is 16.6. The number of nitrogens with zero attached hydrogens (tertiary/aromatic N) is 5. The molecule has 1 aliphatic heterocycles. The number of rotatable bonds is 7. The van der Waals surface area contributed by atoms with Gasteiger partial charge < -0.3 is 24.4 Å². The Hall–Kier alpha value is -4.39. The number of benzene rings is 1. The summed E-state index contributed by atoms with van der Waals surface area (Å²) in [4.78, 5) is 62.6. The molecule has 0 spiro atoms. The molecule has 37 heavy (non-hydrogen) atoms. The van der Waals surface area contributed by atoms with Gasteiger partial charge in [0.05, 0.1) is 6.33 Å². The van der Waals surface area contributed by atoms with Crippen molar-refractivity contribution in [1.29, 1.82) is 0 Å². The number of likely N-dealkylation sites (N-methyl/N-ethyl adjacent to an activating group) is 1. The topological polar surface area (TPSA) is 155 Å². The van der Waals surface area contributed by atoms with Gasteiger partial charge in [0.2, 0.25) is 5.91 Å². The van der Waals surface area contributed by atoms with E-state index in [1.807, 2.05) is 0 Å². The maximum absolute atomic E-state index is 12.7. The molecule has 2 aromatic heterocycles. The summed E-state index contributed by atoms with van der Waals surface area (Å²) < 4.78 is 18.5. The molecule has 1 saturated heterocycles. The van der Waals surface area contributed by atoms with Crippen LogP contribution in [-0.4, -0.2) is 80.1 Å². The Morgan fingerprint density at radius 2 is 1.78 bits per heavy atom. The zero-order valence-electron chi connectivity index (χ0n) is 20.7. The highest BCUT2D eigenvalue weighted by Crippen LogP contribution is 2.37. The van der Waals surface area contributed by atoms with E-state index in [0.717, 1.165) is 0 Å². The first-order chi connectivity index (χ1) is 17.7. The van der Waals surface area contributed by atoms with Crippen molar-refractivity contribution in [3.8, 4) is 0 Å². The van der Waals surface area contributed by atoms with Crippen molar-refractivity contribution in [3.05, 3.63) is 48.5 Å². The first-order valence-corrected chi connectivity index (χ1v) is 11.4. The number of imidazole rings is 1. The lowest BCUT2D eigenvalue weighted by molar-refractivity contribution is -0.155. The summed E-state index contributed by atoms with van der Waals surface area (Å²) in [6, 6.07) is 7.84. The van der Waals surface area contributed by atoms with Crippen LogP contribution in [0, 0.1) is 0 Å². The van der Waals surface area contributed by atoms with Gasteiger partial charge >= 0.3 is 11.9 Å². The fraction of sp³-hybridized carbons (Fsp3) is 0.375. The van der Waals surface area contributed by atoms with E-state index in [9.17, 15) is 19.2 Å². The van der Waals surface area contributed by atoms with E-state index in [0.29, 0.717) is 5.56 Å². The average Bonchev–Trinajstić information content (AvgIpc) is 3.44. The maximum atomic E-state index is 12.7. The molecule has 4 rings (SSSR count). The van der Waals surface area contributed by atoms with Crippen molar-refractivity contribution < 1.29 is 33.4 Å². The summed E-state index contributed by atoms with van der Waals surface area (Å²) >= 11 is 0. The second-order valence-corrected chi connectivity index (χ2v) is 8.43. The van der Waals surface area contributed by atoms with E-state index in [-0.39, 0.29) is 35.4 Å². The second kappa shape index (κ2) is 10.7. The molecule has 13 heteroatoms. The molecule has 3 aromatic rings. The van der Waals surface area contributed by atoms with Gasteiger partial charge in [-0.25, -0.2) is 15.0 Å². The molecule has 3 heterocycles. The number of carbonyl (C=O) groups excluding carboxylic acids is 4. The summed E-state index contributed by atoms with van der Waals surface area (Å²) in [6.45, 7) is 3.69. The number of anilines is 1. The molecule has 1 aliphatic rings. The van der Waals surface area contributed by atoms with E-state index in [1.54, 1.807) is 37.4 Å². The standard InChI is InChI=1S/C24H26N6O7/c1-13(31)29(4)19-17(10-35-14(2)32)37-24(20(19)36-15(3)33)30-12-27-18-21(25-11-26-22(18)30)28-23(34)16-8-6-5-7-9-16/h5-9,11-12,17,19-20,24H,10H2,1-4H3,(H,25,26,28,34)/t17-,19+,20+,24+/m1/s1. The van der Waals surface area contributed by atoms with Crippen molar-refractivity contribution in [2.45, 2.75) is 45.2 Å². The van der Waals surface area contributed by atoms with Crippen LogP contribution in [0.4, 0.5) is 5.82 Å². The van der Waals surface area contributed by atoms with E-state index >= 15 is 0 Å². The van der Waals surface area contributed by atoms with E-state index in [2.05, 4.69) is 20.3 Å². The quantitative estimate of drug-likeness (QED) is 0.460. The third-order valence-electron chi connectivity index (χ3n) is 5.91. The molecule has 1 N–H and O–H groups in total. The van der Waals surface area contributed by atoms with Crippen LogP contribution in [0.1, 0.15) is 37.4 Å². The Labute approximate surface area is 211 Å². The van der Waals surface area contributed by atoms with Gasteiger partial charge in [-0.15, -0.1) is 0 Å². The van der Waals surface area contributed by atoms with Crippen molar-refractivity contribution in [2.24, 2.45) is 0 Å². The Morgan fingerprint density at radius 1 is 1.05 bits per heavy atom. The number of carbonyl (C=O) groups is 4. The second-order valence-electron chi connectivity index (χ2n) is 8.43. The number of hydrogen-bond acceptors (Lipinski definition) is 10. The molecule has 1 aromatic carbocycles. The Bertz CT molecular complexity index is 1330. The van der Waals surface area contributed by atoms with Gasteiger partial charge in [0.15, 0.2) is 29.3 Å². The lowest BCUT2D eigenvalue weighted by atomic mass is 10.1. The first-order valence-electron chi connectivity index (χ1n) is 11.4. The number of aromatic nitrogens is 4. The van der Waals surface area contributed by atoms with Gasteiger partial charge in [0.25, 0.3) is 5.91 Å². The summed E-state index contributed by atoms with van der Waals surface area (Å²) in [6.07, 6.45) is -0.108. The molecular weight excluding hydrogens is 484 g/mol. The summed E-state index contributed by atoms with van der Waals surface area (Å²) in [5.74, 6) is -1.63. The highest BCUT2D eigenvalue weighted by Gasteiger charge is 2.51. The minimum Gasteiger partial charge on any atom is -0.463 e. The van der Waals surface area contributed by atoms with Gasteiger partial charge in [-0.1, -0.05) is 18.2 Å². The van der Waals surface area contributed by atoms with Gasteiger partial charge in [0.1, 0.15) is 25.1 Å². The minimum atomic E-state index is -0.985.